The molecule has 0 amide bonds. The number of sulfone groups is 1. The van der Waals surface area contributed by atoms with E-state index in [1.807, 2.05) is 36.1 Å². The highest BCUT2D eigenvalue weighted by Crippen LogP contribution is 2.20. The maximum atomic E-state index is 11.8. The van der Waals surface area contributed by atoms with Gasteiger partial charge in [0, 0.05) is 13.1 Å². The Bertz CT molecular complexity index is 738. The molecule has 0 saturated carbocycles. The molecule has 0 radical (unpaired) electrons. The summed E-state index contributed by atoms with van der Waals surface area (Å²) in [5.41, 5.74) is 2.02. The Balaban J connectivity index is 1.91. The summed E-state index contributed by atoms with van der Waals surface area (Å²) >= 11 is 0. The largest absolute Gasteiger partial charge is 0.337 e. The van der Waals surface area contributed by atoms with E-state index in [0.717, 1.165) is 11.3 Å². The van der Waals surface area contributed by atoms with Gasteiger partial charge >= 0.3 is 0 Å². The number of aromatic nitrogens is 4. The summed E-state index contributed by atoms with van der Waals surface area (Å²) in [5, 5.41) is 11.4. The first-order valence-corrected chi connectivity index (χ1v) is 8.51. The summed E-state index contributed by atoms with van der Waals surface area (Å²) in [6, 6.07) is 7.87. The van der Waals surface area contributed by atoms with Gasteiger partial charge in [-0.3, -0.25) is 0 Å². The minimum absolute atomic E-state index is 0.134. The lowest BCUT2D eigenvalue weighted by molar-refractivity contribution is 0.566. The normalized spacial score (nSPS) is 21.4. The summed E-state index contributed by atoms with van der Waals surface area (Å²) in [7, 11) is -2.99. The van der Waals surface area contributed by atoms with Crippen LogP contribution < -0.4 is 4.90 Å². The Morgan fingerprint density at radius 2 is 1.95 bits per heavy atom. The highest BCUT2D eigenvalue weighted by Gasteiger charge is 2.31. The van der Waals surface area contributed by atoms with Crippen LogP contribution in [0, 0.1) is 6.92 Å². The van der Waals surface area contributed by atoms with E-state index in [1.54, 1.807) is 11.6 Å². The number of hydrogen-bond acceptors (Lipinski definition) is 6. The average molecular weight is 307 g/mol. The highest BCUT2D eigenvalue weighted by atomic mass is 32.2. The number of hydrogen-bond donors (Lipinski definition) is 0. The van der Waals surface area contributed by atoms with Crippen LogP contribution in [0.1, 0.15) is 12.5 Å². The van der Waals surface area contributed by atoms with E-state index < -0.39 is 15.1 Å². The molecule has 1 fully saturated rings. The summed E-state index contributed by atoms with van der Waals surface area (Å²) in [4.78, 5) is 1.92. The molecule has 0 spiro atoms. The van der Waals surface area contributed by atoms with Crippen LogP contribution in [0.2, 0.25) is 0 Å². The molecule has 7 nitrogen and oxygen atoms in total. The lowest BCUT2D eigenvalue weighted by Gasteiger charge is -2.30. The van der Waals surface area contributed by atoms with Gasteiger partial charge in [-0.2, -0.15) is 4.68 Å². The fourth-order valence-electron chi connectivity index (χ4n) is 2.37. The molecule has 1 unspecified atom stereocenters. The van der Waals surface area contributed by atoms with Gasteiger partial charge < -0.3 is 4.90 Å². The molecular formula is C13H17N5O2S. The van der Waals surface area contributed by atoms with Crippen molar-refractivity contribution < 1.29 is 8.42 Å². The summed E-state index contributed by atoms with van der Waals surface area (Å²) < 4.78 is 25.3. The molecule has 112 valence electrons. The van der Waals surface area contributed by atoms with Crippen molar-refractivity contribution in [3.8, 4) is 5.69 Å². The molecule has 1 aliphatic rings. The van der Waals surface area contributed by atoms with Crippen molar-refractivity contribution in [3.63, 3.8) is 0 Å². The lowest BCUT2D eigenvalue weighted by Crippen LogP contribution is -2.46. The summed E-state index contributed by atoms with van der Waals surface area (Å²) in [5.74, 6) is 0.718. The number of rotatable bonds is 2. The molecule has 1 atom stereocenters. The van der Waals surface area contributed by atoms with Crippen molar-refractivity contribution in [2.24, 2.45) is 0 Å². The van der Waals surface area contributed by atoms with Crippen LogP contribution in [0.4, 0.5) is 5.95 Å². The van der Waals surface area contributed by atoms with Gasteiger partial charge in [0.15, 0.2) is 9.84 Å². The second-order valence-electron chi connectivity index (χ2n) is 5.35. The fraction of sp³-hybridized carbons (Fsp3) is 0.462. The second kappa shape index (κ2) is 5.10. The summed E-state index contributed by atoms with van der Waals surface area (Å²) in [6.07, 6.45) is 0. The zero-order valence-corrected chi connectivity index (χ0v) is 12.8. The van der Waals surface area contributed by atoms with Gasteiger partial charge in [-0.25, -0.2) is 8.42 Å². The fourth-order valence-corrected chi connectivity index (χ4v) is 3.65. The average Bonchev–Trinajstić information content (AvgIpc) is 2.92. The Hall–Kier alpha value is -1.96. The third kappa shape index (κ3) is 2.63. The molecule has 3 rings (SSSR count). The van der Waals surface area contributed by atoms with Crippen LogP contribution in [0.25, 0.3) is 5.69 Å². The van der Waals surface area contributed by atoms with Crippen molar-refractivity contribution in [2.75, 3.05) is 23.7 Å². The Morgan fingerprint density at radius 3 is 2.62 bits per heavy atom. The monoisotopic (exact) mass is 307 g/mol. The van der Waals surface area contributed by atoms with E-state index in [4.69, 9.17) is 0 Å². The zero-order valence-electron chi connectivity index (χ0n) is 12.0. The first kappa shape index (κ1) is 14.0. The standard InChI is InChI=1S/C13H17N5O2S/c1-10-3-5-12(6-4-10)18-13(14-15-16-18)17-7-8-21(19,20)11(2)9-17/h3-6,11H,7-9H2,1-2H3. The summed E-state index contributed by atoms with van der Waals surface area (Å²) in [6.45, 7) is 4.57. The Morgan fingerprint density at radius 1 is 1.24 bits per heavy atom. The molecule has 1 aromatic carbocycles. The van der Waals surface area contributed by atoms with Gasteiger partial charge in [-0.15, -0.1) is 0 Å². The number of nitrogens with zero attached hydrogens (tertiary/aromatic N) is 5. The molecule has 21 heavy (non-hydrogen) atoms. The molecule has 0 N–H and O–H groups in total. The molecule has 0 aliphatic carbocycles. The maximum Gasteiger partial charge on any atom is 0.250 e. The molecule has 2 heterocycles. The first-order chi connectivity index (χ1) is 9.97. The van der Waals surface area contributed by atoms with E-state index >= 15 is 0 Å². The molecule has 1 aromatic heterocycles. The number of tetrazole rings is 1. The van der Waals surface area contributed by atoms with E-state index in [0.29, 0.717) is 19.0 Å². The van der Waals surface area contributed by atoms with E-state index in [-0.39, 0.29) is 5.75 Å². The molecule has 0 bridgehead atoms. The van der Waals surface area contributed by atoms with Crippen LogP contribution in [0.5, 0.6) is 0 Å². The third-order valence-corrected chi connectivity index (χ3v) is 5.88. The van der Waals surface area contributed by atoms with E-state index in [2.05, 4.69) is 15.5 Å². The molecule has 1 saturated heterocycles. The molecular weight excluding hydrogens is 290 g/mol. The Kier molecular flexibility index (Phi) is 3.40. The van der Waals surface area contributed by atoms with Crippen molar-refractivity contribution in [3.05, 3.63) is 29.8 Å². The molecule has 8 heteroatoms. The van der Waals surface area contributed by atoms with Gasteiger partial charge in [0.05, 0.1) is 16.7 Å². The van der Waals surface area contributed by atoms with Gasteiger partial charge in [0.25, 0.3) is 0 Å². The maximum absolute atomic E-state index is 11.8. The van der Waals surface area contributed by atoms with Crippen molar-refractivity contribution in [1.29, 1.82) is 0 Å². The van der Waals surface area contributed by atoms with Gasteiger partial charge in [-0.05, 0) is 36.4 Å². The van der Waals surface area contributed by atoms with Crippen molar-refractivity contribution >= 4 is 15.8 Å². The molecule has 2 aromatic rings. The number of anilines is 1. The highest BCUT2D eigenvalue weighted by molar-refractivity contribution is 7.92. The van der Waals surface area contributed by atoms with Crippen LogP contribution >= 0.6 is 0 Å². The van der Waals surface area contributed by atoms with Gasteiger partial charge in [0.1, 0.15) is 0 Å². The topological polar surface area (TPSA) is 81.0 Å². The van der Waals surface area contributed by atoms with Crippen LogP contribution in [-0.4, -0.2) is 52.7 Å². The van der Waals surface area contributed by atoms with E-state index in [1.165, 1.54) is 0 Å². The Labute approximate surface area is 123 Å². The predicted molar refractivity (Wildman–Crippen MR) is 79.4 cm³/mol. The van der Waals surface area contributed by atoms with Crippen molar-refractivity contribution in [2.45, 2.75) is 19.1 Å². The minimum Gasteiger partial charge on any atom is -0.337 e. The zero-order chi connectivity index (χ0) is 15.0. The van der Waals surface area contributed by atoms with E-state index in [9.17, 15) is 8.42 Å². The quantitative estimate of drug-likeness (QED) is 0.808. The predicted octanol–water partition coefficient (Wildman–Crippen LogP) is 0.594. The van der Waals surface area contributed by atoms with Crippen molar-refractivity contribution in [1.82, 2.24) is 20.2 Å². The minimum atomic E-state index is -2.99. The SMILES string of the molecule is Cc1ccc(-n2nnnc2N2CCS(=O)(=O)C(C)C2)cc1. The van der Waals surface area contributed by atoms with Gasteiger partial charge in [-0.1, -0.05) is 22.8 Å². The van der Waals surface area contributed by atoms with Crippen LogP contribution in [0.3, 0.4) is 0 Å². The second-order valence-corrected chi connectivity index (χ2v) is 7.89. The number of benzene rings is 1. The van der Waals surface area contributed by atoms with Crippen LogP contribution in [0.15, 0.2) is 24.3 Å². The number of aryl methyl sites for hydroxylation is 1. The van der Waals surface area contributed by atoms with Gasteiger partial charge in [0.2, 0.25) is 5.95 Å². The first-order valence-electron chi connectivity index (χ1n) is 6.79. The lowest BCUT2D eigenvalue weighted by atomic mass is 10.2. The van der Waals surface area contributed by atoms with Crippen LogP contribution in [-0.2, 0) is 9.84 Å². The third-order valence-electron chi connectivity index (χ3n) is 3.75. The smallest absolute Gasteiger partial charge is 0.250 e. The molecule has 1 aliphatic heterocycles.